The van der Waals surface area contributed by atoms with E-state index in [1.807, 2.05) is 0 Å². The number of hydrogen-bond donors (Lipinski definition) is 2. The van der Waals surface area contributed by atoms with Crippen molar-refractivity contribution in [1.29, 1.82) is 0 Å². The number of alkyl halides is 5. The number of para-hydroxylation sites is 1. The summed E-state index contributed by atoms with van der Waals surface area (Å²) in [4.78, 5) is 19.7. The van der Waals surface area contributed by atoms with E-state index in [9.17, 15) is 26.7 Å². The lowest BCUT2D eigenvalue weighted by atomic mass is 9.90. The SMILES string of the molecule is O=C(N[C@H]1CC[C@@H](Nc2cc(C(F)(F)F)nc3ccccc23)CC1)c1ccnc(C(F)F)c1. The van der Waals surface area contributed by atoms with Crippen LogP contribution in [0.1, 0.15) is 53.9 Å². The van der Waals surface area contributed by atoms with E-state index in [-0.39, 0.29) is 23.2 Å². The highest BCUT2D eigenvalue weighted by Crippen LogP contribution is 2.34. The number of nitrogens with one attached hydrogen (secondary N) is 2. The Kier molecular flexibility index (Phi) is 6.44. The van der Waals surface area contributed by atoms with Crippen LogP contribution in [-0.2, 0) is 6.18 Å². The molecule has 1 aliphatic carbocycles. The highest BCUT2D eigenvalue weighted by Gasteiger charge is 2.34. The Labute approximate surface area is 186 Å². The van der Waals surface area contributed by atoms with Gasteiger partial charge in [-0.1, -0.05) is 18.2 Å². The predicted molar refractivity (Wildman–Crippen MR) is 113 cm³/mol. The number of hydrogen-bond acceptors (Lipinski definition) is 4. The molecule has 1 amide bonds. The van der Waals surface area contributed by atoms with Gasteiger partial charge >= 0.3 is 6.18 Å². The van der Waals surface area contributed by atoms with Crippen molar-refractivity contribution < 1.29 is 26.7 Å². The topological polar surface area (TPSA) is 66.9 Å². The quantitative estimate of drug-likeness (QED) is 0.473. The van der Waals surface area contributed by atoms with Crippen molar-refractivity contribution in [2.75, 3.05) is 5.32 Å². The average molecular weight is 464 g/mol. The van der Waals surface area contributed by atoms with Gasteiger partial charge in [0.25, 0.3) is 12.3 Å². The van der Waals surface area contributed by atoms with E-state index < -0.39 is 29.9 Å². The summed E-state index contributed by atoms with van der Waals surface area (Å²) in [6, 6.07) is 9.89. The Hall–Kier alpha value is -3.30. The number of pyridine rings is 2. The fraction of sp³-hybridized carbons (Fsp3) is 0.348. The van der Waals surface area contributed by atoms with Crippen LogP contribution in [0.3, 0.4) is 0 Å². The van der Waals surface area contributed by atoms with E-state index in [1.54, 1.807) is 24.3 Å². The maximum absolute atomic E-state index is 13.3. The number of rotatable bonds is 5. The molecule has 0 bridgehead atoms. The van der Waals surface area contributed by atoms with E-state index in [2.05, 4.69) is 20.6 Å². The van der Waals surface area contributed by atoms with Gasteiger partial charge in [0.1, 0.15) is 11.4 Å². The zero-order chi connectivity index (χ0) is 23.6. The van der Waals surface area contributed by atoms with Gasteiger partial charge in [-0.15, -0.1) is 0 Å². The van der Waals surface area contributed by atoms with Gasteiger partial charge in [-0.25, -0.2) is 13.8 Å². The minimum atomic E-state index is -4.56. The molecular weight excluding hydrogens is 443 g/mol. The molecule has 2 aromatic heterocycles. The molecule has 33 heavy (non-hydrogen) atoms. The van der Waals surface area contributed by atoms with Gasteiger partial charge in [-0.3, -0.25) is 9.78 Å². The van der Waals surface area contributed by atoms with Crippen molar-refractivity contribution in [2.45, 2.75) is 50.4 Å². The van der Waals surface area contributed by atoms with E-state index >= 15 is 0 Å². The first-order valence-electron chi connectivity index (χ1n) is 10.5. The van der Waals surface area contributed by atoms with E-state index in [4.69, 9.17) is 0 Å². The van der Waals surface area contributed by atoms with Crippen LogP contribution in [0, 0.1) is 0 Å². The Morgan fingerprint density at radius 2 is 1.70 bits per heavy atom. The van der Waals surface area contributed by atoms with Gasteiger partial charge in [0, 0.05) is 34.9 Å². The lowest BCUT2D eigenvalue weighted by Crippen LogP contribution is -2.40. The van der Waals surface area contributed by atoms with Crippen LogP contribution in [0.15, 0.2) is 48.7 Å². The molecule has 5 nitrogen and oxygen atoms in total. The molecule has 0 saturated heterocycles. The molecule has 174 valence electrons. The van der Waals surface area contributed by atoms with Crippen molar-refractivity contribution >= 4 is 22.5 Å². The molecule has 1 saturated carbocycles. The third-order valence-electron chi connectivity index (χ3n) is 5.70. The molecule has 0 aliphatic heterocycles. The van der Waals surface area contributed by atoms with Gasteiger partial charge in [0.05, 0.1) is 5.52 Å². The third kappa shape index (κ3) is 5.37. The van der Waals surface area contributed by atoms with Gasteiger partial charge < -0.3 is 10.6 Å². The number of aromatic nitrogens is 2. The smallest absolute Gasteiger partial charge is 0.382 e. The number of benzene rings is 1. The van der Waals surface area contributed by atoms with Gasteiger partial charge in [-0.2, -0.15) is 13.2 Å². The van der Waals surface area contributed by atoms with E-state index in [0.717, 1.165) is 12.1 Å². The van der Waals surface area contributed by atoms with Crippen LogP contribution in [0.5, 0.6) is 0 Å². The zero-order valence-corrected chi connectivity index (χ0v) is 17.4. The first-order valence-corrected chi connectivity index (χ1v) is 10.5. The van der Waals surface area contributed by atoms with Crippen molar-refractivity contribution in [3.63, 3.8) is 0 Å². The van der Waals surface area contributed by atoms with Crippen molar-refractivity contribution in [3.8, 4) is 0 Å². The Bertz CT molecular complexity index is 1140. The Morgan fingerprint density at radius 3 is 2.39 bits per heavy atom. The van der Waals surface area contributed by atoms with E-state index in [1.165, 1.54) is 12.3 Å². The lowest BCUT2D eigenvalue weighted by Gasteiger charge is -2.30. The van der Waals surface area contributed by atoms with Crippen LogP contribution in [0.2, 0.25) is 0 Å². The maximum atomic E-state index is 13.3. The second-order valence-corrected chi connectivity index (χ2v) is 8.01. The molecule has 1 fully saturated rings. The summed E-state index contributed by atoms with van der Waals surface area (Å²) in [5, 5.41) is 6.67. The lowest BCUT2D eigenvalue weighted by molar-refractivity contribution is -0.140. The van der Waals surface area contributed by atoms with Crippen LogP contribution in [-0.4, -0.2) is 28.0 Å². The monoisotopic (exact) mass is 464 g/mol. The number of anilines is 1. The second-order valence-electron chi connectivity index (χ2n) is 8.01. The number of carbonyl (C=O) groups is 1. The van der Waals surface area contributed by atoms with Gasteiger partial charge in [0.2, 0.25) is 0 Å². The van der Waals surface area contributed by atoms with Crippen LogP contribution >= 0.6 is 0 Å². The van der Waals surface area contributed by atoms with E-state index in [0.29, 0.717) is 36.8 Å². The summed E-state index contributed by atoms with van der Waals surface area (Å²) in [5.74, 6) is -0.453. The Balaban J connectivity index is 1.40. The summed E-state index contributed by atoms with van der Waals surface area (Å²) in [7, 11) is 0. The molecule has 0 atom stereocenters. The average Bonchev–Trinajstić information content (AvgIpc) is 2.79. The third-order valence-corrected chi connectivity index (χ3v) is 5.70. The van der Waals surface area contributed by atoms with Crippen LogP contribution in [0.4, 0.5) is 27.6 Å². The second kappa shape index (κ2) is 9.29. The van der Waals surface area contributed by atoms with Crippen molar-refractivity contribution in [2.24, 2.45) is 0 Å². The summed E-state index contributed by atoms with van der Waals surface area (Å²) in [6.45, 7) is 0. The minimum Gasteiger partial charge on any atom is -0.382 e. The number of amides is 1. The fourth-order valence-corrected chi connectivity index (χ4v) is 4.02. The summed E-state index contributed by atoms with van der Waals surface area (Å²) >= 11 is 0. The highest BCUT2D eigenvalue weighted by atomic mass is 19.4. The zero-order valence-electron chi connectivity index (χ0n) is 17.4. The van der Waals surface area contributed by atoms with Gasteiger partial charge in [-0.05, 0) is 49.9 Å². The normalized spacial score (nSPS) is 19.0. The maximum Gasteiger partial charge on any atom is 0.433 e. The fourth-order valence-electron chi connectivity index (χ4n) is 4.02. The molecule has 0 radical (unpaired) electrons. The summed E-state index contributed by atoms with van der Waals surface area (Å²) in [5.41, 5.74) is -0.667. The van der Waals surface area contributed by atoms with Gasteiger partial charge in [0.15, 0.2) is 0 Å². The molecule has 0 unspecified atom stereocenters. The number of nitrogens with zero attached hydrogens (tertiary/aromatic N) is 2. The summed E-state index contributed by atoms with van der Waals surface area (Å²) in [6.07, 6.45) is -3.69. The van der Waals surface area contributed by atoms with Crippen LogP contribution in [0.25, 0.3) is 10.9 Å². The molecule has 10 heteroatoms. The largest absolute Gasteiger partial charge is 0.433 e. The standard InChI is InChI=1S/C23H21F5N4O/c24-21(25)19-11-13(9-10-29-19)22(33)31-15-7-5-14(6-8-15)30-18-12-20(23(26,27)28)32-17-4-2-1-3-16(17)18/h1-4,9-12,14-15,21H,5-8H2,(H,30,32)(H,31,33)/t14-,15+. The molecule has 0 spiro atoms. The molecule has 2 N–H and O–H groups in total. The number of fused-ring (bicyclic) bond motifs is 1. The highest BCUT2D eigenvalue weighted by molar-refractivity contribution is 5.94. The first-order chi connectivity index (χ1) is 15.7. The first kappa shape index (κ1) is 22.9. The Morgan fingerprint density at radius 1 is 1.00 bits per heavy atom. The molecule has 3 aromatic rings. The van der Waals surface area contributed by atoms with Crippen molar-refractivity contribution in [1.82, 2.24) is 15.3 Å². The molecule has 2 heterocycles. The van der Waals surface area contributed by atoms with Crippen molar-refractivity contribution in [3.05, 3.63) is 65.6 Å². The molecule has 1 aromatic carbocycles. The molecule has 1 aliphatic rings. The summed E-state index contributed by atoms with van der Waals surface area (Å²) < 4.78 is 65.5. The number of halogens is 5. The predicted octanol–water partition coefficient (Wildman–Crippen LogP) is 5.74. The molecule has 4 rings (SSSR count). The minimum absolute atomic E-state index is 0.0728. The van der Waals surface area contributed by atoms with Crippen LogP contribution < -0.4 is 10.6 Å². The number of carbonyl (C=O) groups excluding carboxylic acids is 1. The molecular formula is C23H21F5N4O.